The maximum absolute atomic E-state index is 12.5. The molecule has 2 aromatic carbocycles. The molecule has 0 saturated heterocycles. The van der Waals surface area contributed by atoms with Crippen molar-refractivity contribution in [3.05, 3.63) is 53.6 Å². The molecule has 26 heavy (non-hydrogen) atoms. The lowest BCUT2D eigenvalue weighted by Crippen LogP contribution is -2.39. The molecule has 0 spiro atoms. The van der Waals surface area contributed by atoms with Crippen molar-refractivity contribution in [3.8, 4) is 17.2 Å². The van der Waals surface area contributed by atoms with Gasteiger partial charge in [-0.15, -0.1) is 0 Å². The molecule has 138 valence electrons. The molecular weight excluding hydrogens is 330 g/mol. The highest BCUT2D eigenvalue weighted by Gasteiger charge is 2.16. The number of benzene rings is 2. The van der Waals surface area contributed by atoms with Crippen LogP contribution in [-0.2, 0) is 4.79 Å². The third kappa shape index (κ3) is 5.70. The molecule has 2 rings (SSSR count). The van der Waals surface area contributed by atoms with Crippen LogP contribution in [0.5, 0.6) is 17.2 Å². The van der Waals surface area contributed by atoms with Crippen LogP contribution in [0, 0.1) is 6.92 Å². The van der Waals surface area contributed by atoms with Crippen LogP contribution in [0.3, 0.4) is 0 Å². The Kier molecular flexibility index (Phi) is 6.16. The first kappa shape index (κ1) is 19.7. The first-order valence-electron chi connectivity index (χ1n) is 8.50. The van der Waals surface area contributed by atoms with Crippen molar-refractivity contribution >= 4 is 11.8 Å². The van der Waals surface area contributed by atoms with Crippen molar-refractivity contribution in [2.75, 3.05) is 6.54 Å². The predicted molar refractivity (Wildman–Crippen MR) is 101 cm³/mol. The lowest BCUT2D eigenvalue weighted by molar-refractivity contribution is -0.132. The number of Topliss-reactive ketones (excluding diaryl/α,β-unsaturated/α-hetero) is 1. The topological polar surface area (TPSA) is 64.6 Å². The second-order valence-corrected chi connectivity index (χ2v) is 7.15. The van der Waals surface area contributed by atoms with Crippen molar-refractivity contribution in [1.82, 2.24) is 5.32 Å². The maximum atomic E-state index is 12.5. The van der Waals surface area contributed by atoms with E-state index in [0.29, 0.717) is 17.1 Å². The van der Waals surface area contributed by atoms with E-state index < -0.39 is 5.97 Å². The molecule has 0 saturated carbocycles. The monoisotopic (exact) mass is 355 g/mol. The van der Waals surface area contributed by atoms with Gasteiger partial charge in [0.2, 0.25) is 0 Å². The van der Waals surface area contributed by atoms with Crippen molar-refractivity contribution in [1.29, 1.82) is 0 Å². The van der Waals surface area contributed by atoms with Gasteiger partial charge in [-0.05, 0) is 57.5 Å². The van der Waals surface area contributed by atoms with E-state index in [1.54, 1.807) is 18.2 Å². The Hall–Kier alpha value is -2.66. The number of carbonyl (C=O) groups is 2. The summed E-state index contributed by atoms with van der Waals surface area (Å²) in [6.07, 6.45) is 0. The fourth-order valence-electron chi connectivity index (χ4n) is 2.24. The van der Waals surface area contributed by atoms with Gasteiger partial charge in [0.15, 0.2) is 17.3 Å². The van der Waals surface area contributed by atoms with Gasteiger partial charge in [-0.25, -0.2) is 0 Å². The van der Waals surface area contributed by atoms with Crippen LogP contribution in [0.1, 0.15) is 43.6 Å². The van der Waals surface area contributed by atoms with E-state index >= 15 is 0 Å². The summed E-state index contributed by atoms with van der Waals surface area (Å²) in [5.41, 5.74) is 1.27. The van der Waals surface area contributed by atoms with Crippen LogP contribution in [0.2, 0.25) is 0 Å². The lowest BCUT2D eigenvalue weighted by atomic mass is 10.1. The van der Waals surface area contributed by atoms with Gasteiger partial charge in [0.25, 0.3) is 0 Å². The standard InChI is InChI=1S/C21H25NO4/c1-14-8-6-7-9-18(14)26-20-12-16(10-11-19(20)25-15(2)23)17(24)13-22-21(3,4)5/h6-12,22H,13H2,1-5H3. The molecule has 0 aliphatic rings. The summed E-state index contributed by atoms with van der Waals surface area (Å²) in [5, 5.41) is 3.17. The smallest absolute Gasteiger partial charge is 0.308 e. The van der Waals surface area contributed by atoms with Gasteiger partial charge in [0, 0.05) is 18.0 Å². The van der Waals surface area contributed by atoms with Gasteiger partial charge in [-0.3, -0.25) is 9.59 Å². The highest BCUT2D eigenvalue weighted by Crippen LogP contribution is 2.34. The van der Waals surface area contributed by atoms with Gasteiger partial charge in [-0.2, -0.15) is 0 Å². The van der Waals surface area contributed by atoms with Crippen molar-refractivity contribution in [3.63, 3.8) is 0 Å². The second-order valence-electron chi connectivity index (χ2n) is 7.15. The first-order chi connectivity index (χ1) is 12.2. The zero-order valence-electron chi connectivity index (χ0n) is 15.9. The molecule has 0 heterocycles. The number of para-hydroxylation sites is 1. The number of hydrogen-bond acceptors (Lipinski definition) is 5. The van der Waals surface area contributed by atoms with E-state index in [1.165, 1.54) is 6.92 Å². The zero-order chi connectivity index (χ0) is 19.3. The molecule has 0 fully saturated rings. The Labute approximate surface area is 154 Å². The fraction of sp³-hybridized carbons (Fsp3) is 0.333. The summed E-state index contributed by atoms with van der Waals surface area (Å²) in [6.45, 7) is 9.44. The van der Waals surface area contributed by atoms with Crippen LogP contribution in [0.4, 0.5) is 0 Å². The fourth-order valence-corrected chi connectivity index (χ4v) is 2.24. The summed E-state index contributed by atoms with van der Waals surface area (Å²) in [7, 11) is 0. The molecule has 5 heteroatoms. The van der Waals surface area contributed by atoms with Gasteiger partial charge in [-0.1, -0.05) is 18.2 Å². The van der Waals surface area contributed by atoms with E-state index in [2.05, 4.69) is 5.32 Å². The Bertz CT molecular complexity index is 806. The Morgan fingerprint density at radius 1 is 1.00 bits per heavy atom. The van der Waals surface area contributed by atoms with Crippen LogP contribution in [0.25, 0.3) is 0 Å². The minimum Gasteiger partial charge on any atom is -0.453 e. The molecule has 0 amide bonds. The molecule has 0 aliphatic carbocycles. The molecule has 0 radical (unpaired) electrons. The molecule has 1 N–H and O–H groups in total. The number of ether oxygens (including phenoxy) is 2. The average Bonchev–Trinajstić information content (AvgIpc) is 2.55. The Morgan fingerprint density at radius 2 is 1.69 bits per heavy atom. The SMILES string of the molecule is CC(=O)Oc1ccc(C(=O)CNC(C)(C)C)cc1Oc1ccccc1C. The molecule has 2 aromatic rings. The number of aryl methyl sites for hydroxylation is 1. The molecule has 0 aromatic heterocycles. The molecule has 0 atom stereocenters. The number of carbonyl (C=O) groups excluding carboxylic acids is 2. The maximum Gasteiger partial charge on any atom is 0.308 e. The van der Waals surface area contributed by atoms with Crippen molar-refractivity contribution in [2.24, 2.45) is 0 Å². The van der Waals surface area contributed by atoms with Gasteiger partial charge in [0.05, 0.1) is 6.54 Å². The highest BCUT2D eigenvalue weighted by atomic mass is 16.6. The molecule has 5 nitrogen and oxygen atoms in total. The number of esters is 1. The van der Waals surface area contributed by atoms with E-state index in [0.717, 1.165) is 5.56 Å². The molecule has 0 aliphatic heterocycles. The van der Waals surface area contributed by atoms with E-state index in [4.69, 9.17) is 9.47 Å². The van der Waals surface area contributed by atoms with Crippen LogP contribution in [-0.4, -0.2) is 23.8 Å². The van der Waals surface area contributed by atoms with E-state index in [-0.39, 0.29) is 23.6 Å². The molecule has 0 unspecified atom stereocenters. The minimum atomic E-state index is -0.451. The molecular formula is C21H25NO4. The number of rotatable bonds is 6. The van der Waals surface area contributed by atoms with Gasteiger partial charge >= 0.3 is 5.97 Å². The zero-order valence-corrected chi connectivity index (χ0v) is 15.9. The third-order valence-corrected chi connectivity index (χ3v) is 3.61. The summed E-state index contributed by atoms with van der Waals surface area (Å²) in [6, 6.07) is 12.3. The normalized spacial score (nSPS) is 11.1. The van der Waals surface area contributed by atoms with Crippen LogP contribution < -0.4 is 14.8 Å². The van der Waals surface area contributed by atoms with Crippen molar-refractivity contribution < 1.29 is 19.1 Å². The summed E-state index contributed by atoms with van der Waals surface area (Å²) in [5.74, 6) is 0.729. The largest absolute Gasteiger partial charge is 0.453 e. The quantitative estimate of drug-likeness (QED) is 0.476. The summed E-state index contributed by atoms with van der Waals surface area (Å²) < 4.78 is 11.1. The number of nitrogens with one attached hydrogen (secondary N) is 1. The average molecular weight is 355 g/mol. The Morgan fingerprint density at radius 3 is 2.31 bits per heavy atom. The van der Waals surface area contributed by atoms with Gasteiger partial charge in [0.1, 0.15) is 5.75 Å². The predicted octanol–water partition coefficient (Wildman–Crippen LogP) is 4.28. The summed E-state index contributed by atoms with van der Waals surface area (Å²) >= 11 is 0. The number of hydrogen-bond donors (Lipinski definition) is 1. The van der Waals surface area contributed by atoms with E-state index in [1.807, 2.05) is 52.0 Å². The Balaban J connectivity index is 2.31. The summed E-state index contributed by atoms with van der Waals surface area (Å²) in [4.78, 5) is 23.8. The van der Waals surface area contributed by atoms with Gasteiger partial charge < -0.3 is 14.8 Å². The molecule has 0 bridgehead atoms. The highest BCUT2D eigenvalue weighted by molar-refractivity contribution is 5.98. The lowest BCUT2D eigenvalue weighted by Gasteiger charge is -2.20. The van der Waals surface area contributed by atoms with Crippen molar-refractivity contribution in [2.45, 2.75) is 40.2 Å². The van der Waals surface area contributed by atoms with E-state index in [9.17, 15) is 9.59 Å². The van der Waals surface area contributed by atoms with Crippen LogP contribution in [0.15, 0.2) is 42.5 Å². The minimum absolute atomic E-state index is 0.0658. The first-order valence-corrected chi connectivity index (χ1v) is 8.50. The number of ketones is 1. The second kappa shape index (κ2) is 8.15. The van der Waals surface area contributed by atoms with Crippen LogP contribution >= 0.6 is 0 Å². The third-order valence-electron chi connectivity index (χ3n) is 3.61.